The lowest BCUT2D eigenvalue weighted by Crippen LogP contribution is -2.68. The van der Waals surface area contributed by atoms with Crippen molar-refractivity contribution in [2.75, 3.05) is 4.98 Å². The summed E-state index contributed by atoms with van der Waals surface area (Å²) in [6.45, 7) is 0. The number of anilines is 1. The molecule has 0 atom stereocenters. The second-order valence-corrected chi connectivity index (χ2v) is 9.44. The number of hydrogen-bond donors (Lipinski definition) is 1. The van der Waals surface area contributed by atoms with Gasteiger partial charge >= 0.3 is 46.0 Å². The van der Waals surface area contributed by atoms with E-state index in [0.29, 0.717) is 24.3 Å². The number of nitrogens with one attached hydrogen (secondary N) is 1. The lowest BCUT2D eigenvalue weighted by molar-refractivity contribution is -0.342. The van der Waals surface area contributed by atoms with Gasteiger partial charge in [-0.05, 0) is 24.3 Å². The predicted molar refractivity (Wildman–Crippen MR) is 91.8 cm³/mol. The van der Waals surface area contributed by atoms with Crippen molar-refractivity contribution in [3.63, 3.8) is 0 Å². The quantitative estimate of drug-likeness (QED) is 0.230. The van der Waals surface area contributed by atoms with Gasteiger partial charge in [-0.25, -0.2) is 0 Å². The van der Waals surface area contributed by atoms with Crippen molar-refractivity contribution in [2.45, 2.75) is 55.4 Å². The average Bonchev–Trinajstić information content (AvgIpc) is 2.65. The smallest absolute Gasteiger partial charge is 0.344 e. The van der Waals surface area contributed by atoms with Crippen molar-refractivity contribution < 1.29 is 92.3 Å². The summed E-state index contributed by atoms with van der Waals surface area (Å²) in [6.07, 6.45) is -58.4. The largest absolute Gasteiger partial charge is 0.633 e. The molecule has 39 heavy (non-hydrogen) atoms. The van der Waals surface area contributed by atoms with Crippen LogP contribution < -0.4 is 4.98 Å². The van der Waals surface area contributed by atoms with Crippen LogP contribution in [0.2, 0.25) is 5.02 Å². The predicted octanol–water partition coefficient (Wildman–Crippen LogP) is 7.72. The van der Waals surface area contributed by atoms with Crippen LogP contribution in [-0.2, 0) is 13.3 Å². The standard InChI is InChI=1S/C15H8ClF18NO3Si/c16-5-1-3-6(4-2-5)35-39(36-7(10(17,18)19)11(20,21)22,37-8(12(23,24)25)13(26,27)28)38-9(14(29,30)31)15(32,33)34/h1-4,7-9,35H. The summed E-state index contributed by atoms with van der Waals surface area (Å²) in [6, 6.07) is 1.71. The van der Waals surface area contributed by atoms with Crippen molar-refractivity contribution in [1.82, 2.24) is 0 Å². The van der Waals surface area contributed by atoms with Gasteiger partial charge in [0.2, 0.25) is 18.3 Å². The zero-order chi connectivity index (χ0) is 31.0. The third-order valence-corrected chi connectivity index (χ3v) is 6.23. The maximum Gasteiger partial charge on any atom is 0.633 e. The summed E-state index contributed by atoms with van der Waals surface area (Å²) < 4.78 is 245. The van der Waals surface area contributed by atoms with Crippen LogP contribution in [0.3, 0.4) is 0 Å². The van der Waals surface area contributed by atoms with Gasteiger partial charge in [-0.1, -0.05) is 11.6 Å². The second-order valence-electron chi connectivity index (χ2n) is 6.93. The molecule has 0 fully saturated rings. The molecule has 0 aromatic heterocycles. The molecule has 1 rings (SSSR count). The van der Waals surface area contributed by atoms with Crippen molar-refractivity contribution in [1.29, 1.82) is 0 Å². The van der Waals surface area contributed by atoms with Crippen LogP contribution in [0.15, 0.2) is 24.3 Å². The third kappa shape index (κ3) is 10.2. The van der Waals surface area contributed by atoms with Crippen LogP contribution in [0.25, 0.3) is 0 Å². The van der Waals surface area contributed by atoms with Crippen LogP contribution in [0.4, 0.5) is 84.7 Å². The van der Waals surface area contributed by atoms with Gasteiger partial charge in [0.05, 0.1) is 0 Å². The Bertz CT molecular complexity index is 811. The SMILES string of the molecule is FC(F)(F)C(O[Si](Nc1ccc(Cl)cc1)(OC(C(F)(F)F)C(F)(F)F)OC(C(F)(F)F)C(F)(F)F)C(F)(F)F. The van der Waals surface area contributed by atoms with Gasteiger partial charge in [-0.15, -0.1) is 0 Å². The minimum atomic E-state index is -8.01. The highest BCUT2D eigenvalue weighted by molar-refractivity contribution is 6.64. The van der Waals surface area contributed by atoms with E-state index in [2.05, 4.69) is 13.3 Å². The topological polar surface area (TPSA) is 39.7 Å². The lowest BCUT2D eigenvalue weighted by Gasteiger charge is -2.39. The Morgan fingerprint density at radius 3 is 0.923 bits per heavy atom. The molecule has 228 valence electrons. The molecule has 0 radical (unpaired) electrons. The molecule has 0 saturated carbocycles. The summed E-state index contributed by atoms with van der Waals surface area (Å²) in [4.78, 5) is 0.757. The van der Waals surface area contributed by atoms with Crippen molar-refractivity contribution in [3.8, 4) is 0 Å². The Balaban J connectivity index is 4.07. The molecule has 0 heterocycles. The van der Waals surface area contributed by atoms with E-state index in [9.17, 15) is 79.0 Å². The van der Waals surface area contributed by atoms with Crippen molar-refractivity contribution >= 4 is 26.3 Å². The molecule has 0 unspecified atom stereocenters. The first-order valence-electron chi connectivity index (χ1n) is 8.96. The molecule has 0 bridgehead atoms. The molecule has 0 spiro atoms. The fraction of sp³-hybridized carbons (Fsp3) is 0.600. The van der Waals surface area contributed by atoms with Crippen LogP contribution in [0.5, 0.6) is 0 Å². The summed E-state index contributed by atoms with van der Waals surface area (Å²) in [5.41, 5.74) is -1.33. The van der Waals surface area contributed by atoms with Gasteiger partial charge in [-0.3, -0.25) is 0 Å². The first-order chi connectivity index (χ1) is 17.0. The zero-order valence-corrected chi connectivity index (χ0v) is 19.2. The Hall–Kier alpha value is -1.85. The first-order valence-corrected chi connectivity index (χ1v) is 11.1. The fourth-order valence-electron chi connectivity index (χ4n) is 2.30. The zero-order valence-electron chi connectivity index (χ0n) is 17.4. The van der Waals surface area contributed by atoms with E-state index in [1.54, 1.807) is 0 Å². The Labute approximate surface area is 209 Å². The molecule has 0 aliphatic heterocycles. The molecule has 0 aliphatic rings. The number of halogens is 19. The lowest BCUT2D eigenvalue weighted by atomic mass is 10.3. The molecule has 1 aromatic rings. The number of hydrogen-bond acceptors (Lipinski definition) is 4. The highest BCUT2D eigenvalue weighted by atomic mass is 35.5. The van der Waals surface area contributed by atoms with E-state index >= 15 is 0 Å². The molecule has 1 aromatic carbocycles. The normalized spacial score (nSPS) is 15.0. The van der Waals surface area contributed by atoms with Crippen molar-refractivity contribution in [2.24, 2.45) is 0 Å². The molecule has 24 heteroatoms. The highest BCUT2D eigenvalue weighted by Gasteiger charge is 2.71. The van der Waals surface area contributed by atoms with Gasteiger partial charge in [0.1, 0.15) is 0 Å². The van der Waals surface area contributed by atoms with Crippen LogP contribution >= 0.6 is 11.6 Å². The minimum Gasteiger partial charge on any atom is -0.344 e. The first kappa shape index (κ1) is 35.2. The maximum absolute atomic E-state index is 13.1. The fourth-order valence-corrected chi connectivity index (χ4v) is 5.03. The molecular formula is C15H8ClF18NO3Si. The third-order valence-electron chi connectivity index (χ3n) is 3.74. The second kappa shape index (κ2) is 11.2. The average molecular weight is 656 g/mol. The van der Waals surface area contributed by atoms with E-state index in [0.717, 1.165) is 4.98 Å². The summed E-state index contributed by atoms with van der Waals surface area (Å²) >= 11 is 5.39. The van der Waals surface area contributed by atoms with E-state index in [1.807, 2.05) is 0 Å². The van der Waals surface area contributed by atoms with E-state index < -0.39 is 75.0 Å². The van der Waals surface area contributed by atoms with Crippen LogP contribution in [0.1, 0.15) is 0 Å². The molecular weight excluding hydrogens is 648 g/mol. The molecule has 0 saturated heterocycles. The summed E-state index contributed by atoms with van der Waals surface area (Å²) in [5.74, 6) is 0. The van der Waals surface area contributed by atoms with Gasteiger partial charge in [0.15, 0.2) is 0 Å². The monoisotopic (exact) mass is 655 g/mol. The molecule has 0 amide bonds. The summed E-state index contributed by atoms with van der Waals surface area (Å²) in [7, 11) is -8.01. The summed E-state index contributed by atoms with van der Waals surface area (Å²) in [5, 5.41) is -0.397. The van der Waals surface area contributed by atoms with Gasteiger partial charge in [0, 0.05) is 10.7 Å². The van der Waals surface area contributed by atoms with E-state index in [-0.39, 0.29) is 0 Å². The van der Waals surface area contributed by atoms with Gasteiger partial charge < -0.3 is 18.3 Å². The number of rotatable bonds is 8. The molecule has 0 aliphatic carbocycles. The molecule has 4 nitrogen and oxygen atoms in total. The minimum absolute atomic E-state index is 0.294. The highest BCUT2D eigenvalue weighted by Crippen LogP contribution is 2.45. The molecule has 1 N–H and O–H groups in total. The van der Waals surface area contributed by atoms with Crippen LogP contribution in [0, 0.1) is 0 Å². The van der Waals surface area contributed by atoms with Crippen molar-refractivity contribution in [3.05, 3.63) is 29.3 Å². The number of alkyl halides is 18. The van der Waals surface area contributed by atoms with Gasteiger partial charge in [0.25, 0.3) is 0 Å². The van der Waals surface area contributed by atoms with E-state index in [1.165, 1.54) is 0 Å². The maximum atomic E-state index is 13.1. The van der Waals surface area contributed by atoms with E-state index in [4.69, 9.17) is 11.6 Å². The van der Waals surface area contributed by atoms with Crippen LogP contribution in [-0.4, -0.2) is 64.3 Å². The Morgan fingerprint density at radius 1 is 0.487 bits per heavy atom. The number of benzene rings is 1. The Morgan fingerprint density at radius 2 is 0.718 bits per heavy atom. The Kier molecular flexibility index (Phi) is 10.1. The van der Waals surface area contributed by atoms with Gasteiger partial charge in [-0.2, -0.15) is 79.0 Å².